The lowest BCUT2D eigenvalue weighted by Gasteiger charge is -2.26. The van der Waals surface area contributed by atoms with Crippen LogP contribution in [0.4, 0.5) is 22.0 Å². The number of likely N-dealkylation sites (tertiary alicyclic amines) is 2. The Kier molecular flexibility index (Phi) is 10.8. The van der Waals surface area contributed by atoms with Crippen LogP contribution in [0.25, 0.3) is 0 Å². The zero-order chi connectivity index (χ0) is 32.0. The molecule has 44 heavy (non-hydrogen) atoms. The van der Waals surface area contributed by atoms with Gasteiger partial charge in [-0.1, -0.05) is 43.2 Å². The van der Waals surface area contributed by atoms with Gasteiger partial charge in [0.25, 0.3) is 5.91 Å². The summed E-state index contributed by atoms with van der Waals surface area (Å²) in [4.78, 5) is 38.7. The number of aliphatic carboxylic acids is 1. The molecule has 1 saturated carbocycles. The number of carboxylic acids is 1. The molecule has 2 N–H and O–H groups in total. The van der Waals surface area contributed by atoms with Crippen molar-refractivity contribution >= 4 is 17.8 Å². The molecule has 3 fully saturated rings. The van der Waals surface area contributed by atoms with E-state index in [1.807, 2.05) is 18.2 Å². The largest absolute Gasteiger partial charge is 0.497 e. The third kappa shape index (κ3) is 8.25. The van der Waals surface area contributed by atoms with E-state index in [1.54, 1.807) is 4.90 Å². The lowest BCUT2D eigenvalue weighted by atomic mass is 10.0. The Morgan fingerprint density at radius 3 is 2.02 bits per heavy atom. The summed E-state index contributed by atoms with van der Waals surface area (Å²) < 4.78 is 65.5. The van der Waals surface area contributed by atoms with Crippen LogP contribution in [0.3, 0.4) is 0 Å². The summed E-state index contributed by atoms with van der Waals surface area (Å²) in [6.45, 7) is 3.49. The summed E-state index contributed by atoms with van der Waals surface area (Å²) in [5.41, 5.74) is 0.606. The van der Waals surface area contributed by atoms with Crippen LogP contribution in [0.2, 0.25) is 0 Å². The summed E-state index contributed by atoms with van der Waals surface area (Å²) in [6, 6.07) is 12.2. The maximum atomic E-state index is 14.5. The number of amides is 2. The molecule has 5 rings (SSSR count). The summed E-state index contributed by atoms with van der Waals surface area (Å²) in [5.74, 6) is -4.26. The molecular weight excluding hydrogens is 589 g/mol. The van der Waals surface area contributed by atoms with E-state index in [0.717, 1.165) is 69.4 Å². The summed E-state index contributed by atoms with van der Waals surface area (Å²) in [6.07, 6.45) is -0.0681. The smallest absolute Gasteiger partial charge is 0.490 e. The molecule has 1 aliphatic carbocycles. The Morgan fingerprint density at radius 2 is 1.52 bits per heavy atom. The number of carboxylic acid groups (broad SMARTS) is 1. The highest BCUT2D eigenvalue weighted by atomic mass is 19.4. The van der Waals surface area contributed by atoms with Crippen molar-refractivity contribution in [3.05, 3.63) is 65.2 Å². The van der Waals surface area contributed by atoms with E-state index < -0.39 is 35.3 Å². The highest BCUT2D eigenvalue weighted by Gasteiger charge is 2.42. The van der Waals surface area contributed by atoms with E-state index in [9.17, 15) is 31.5 Å². The van der Waals surface area contributed by atoms with Gasteiger partial charge in [0.05, 0.1) is 13.2 Å². The quantitative estimate of drug-likeness (QED) is 0.399. The number of carbonyl (C=O) groups excluding carboxylic acids is 2. The predicted octanol–water partition coefficient (Wildman–Crippen LogP) is 5.05. The molecule has 0 spiro atoms. The molecule has 2 aromatic rings. The second-order valence-electron chi connectivity index (χ2n) is 11.5. The molecule has 2 saturated heterocycles. The Bertz CT molecular complexity index is 1280. The minimum Gasteiger partial charge on any atom is -0.497 e. The van der Waals surface area contributed by atoms with Gasteiger partial charge in [0.2, 0.25) is 5.91 Å². The van der Waals surface area contributed by atoms with Gasteiger partial charge in [-0.3, -0.25) is 9.59 Å². The first-order chi connectivity index (χ1) is 20.9. The minimum atomic E-state index is -5.08. The maximum Gasteiger partial charge on any atom is 0.490 e. The Labute approximate surface area is 252 Å². The number of ether oxygens (including phenoxy) is 1. The summed E-state index contributed by atoms with van der Waals surface area (Å²) in [7, 11) is 1.33. The summed E-state index contributed by atoms with van der Waals surface area (Å²) >= 11 is 0. The van der Waals surface area contributed by atoms with E-state index in [2.05, 4.69) is 22.3 Å². The molecule has 13 heteroatoms. The van der Waals surface area contributed by atoms with Crippen LogP contribution in [-0.2, 0) is 9.59 Å². The van der Waals surface area contributed by atoms with E-state index in [0.29, 0.717) is 13.1 Å². The van der Waals surface area contributed by atoms with Crippen LogP contribution in [0.5, 0.6) is 5.75 Å². The van der Waals surface area contributed by atoms with Crippen molar-refractivity contribution in [3.8, 4) is 5.75 Å². The second-order valence-corrected chi connectivity index (χ2v) is 11.5. The fraction of sp³-hybridized carbons (Fsp3) is 0.516. The molecule has 3 atom stereocenters. The van der Waals surface area contributed by atoms with Crippen LogP contribution in [-0.4, -0.2) is 78.7 Å². The molecule has 2 aliphatic heterocycles. The highest BCUT2D eigenvalue weighted by molar-refractivity contribution is 5.95. The number of hydrogen-bond donors (Lipinski definition) is 2. The molecular formula is C31H36F5N3O5. The van der Waals surface area contributed by atoms with Crippen molar-refractivity contribution in [2.45, 2.75) is 44.3 Å². The zero-order valence-electron chi connectivity index (χ0n) is 24.3. The fourth-order valence-electron chi connectivity index (χ4n) is 6.27. The van der Waals surface area contributed by atoms with Crippen LogP contribution >= 0.6 is 0 Å². The number of alkyl halides is 3. The van der Waals surface area contributed by atoms with Crippen molar-refractivity contribution in [1.82, 2.24) is 15.1 Å². The Hall–Kier alpha value is -3.74. The first kappa shape index (κ1) is 33.2. The first-order valence-corrected chi connectivity index (χ1v) is 14.6. The van der Waals surface area contributed by atoms with Gasteiger partial charge in [0, 0.05) is 50.8 Å². The number of carbonyl (C=O) groups is 3. The lowest BCUT2D eigenvalue weighted by molar-refractivity contribution is -0.192. The van der Waals surface area contributed by atoms with Crippen molar-refractivity contribution in [2.75, 3.05) is 39.8 Å². The number of hydrogen-bond acceptors (Lipinski definition) is 5. The maximum absolute atomic E-state index is 14.5. The molecule has 0 aromatic heterocycles. The average molecular weight is 626 g/mol. The molecule has 2 amide bonds. The third-order valence-electron chi connectivity index (χ3n) is 8.54. The van der Waals surface area contributed by atoms with Gasteiger partial charge in [0.15, 0.2) is 0 Å². The van der Waals surface area contributed by atoms with Crippen LogP contribution in [0.1, 0.15) is 54.1 Å². The molecule has 2 heterocycles. The molecule has 240 valence electrons. The Balaban J connectivity index is 0.000000566. The molecule has 3 aliphatic rings. The number of nitrogens with zero attached hydrogens (tertiary/aromatic N) is 2. The van der Waals surface area contributed by atoms with Gasteiger partial charge in [-0.05, 0) is 36.7 Å². The molecule has 8 nitrogen and oxygen atoms in total. The van der Waals surface area contributed by atoms with Crippen molar-refractivity contribution in [1.29, 1.82) is 0 Å². The standard InChI is InChI=1S/C29H35F2N3O3.C2HF3O2/c1-37-23-13-24(30)27(25(31)14-23)29(36)34-17-21-15-33(16-22(21)18-34)12-11-26(19-7-3-2-4-8-19)32-28(35)20-9-5-6-10-20;3-2(4,5)1(6)7/h2-4,7-8,13-14,20-22,26H,5-6,9-12,15-18H2,1H3,(H,32,35);(H,6,7)/t21-,22?,26?;/m0./s1. The number of benzene rings is 2. The van der Waals surface area contributed by atoms with Crippen LogP contribution < -0.4 is 10.1 Å². The number of rotatable bonds is 8. The van der Waals surface area contributed by atoms with Crippen LogP contribution in [0.15, 0.2) is 42.5 Å². The number of methoxy groups -OCH3 is 1. The molecule has 2 unspecified atom stereocenters. The first-order valence-electron chi connectivity index (χ1n) is 14.6. The highest BCUT2D eigenvalue weighted by Crippen LogP contribution is 2.34. The molecule has 2 aromatic carbocycles. The Morgan fingerprint density at radius 1 is 0.977 bits per heavy atom. The van der Waals surface area contributed by atoms with E-state index in [4.69, 9.17) is 14.6 Å². The fourth-order valence-corrected chi connectivity index (χ4v) is 6.27. The van der Waals surface area contributed by atoms with Crippen molar-refractivity contribution < 1.29 is 46.2 Å². The zero-order valence-corrected chi connectivity index (χ0v) is 24.3. The molecule has 0 bridgehead atoms. The van der Waals surface area contributed by atoms with Gasteiger partial charge in [-0.25, -0.2) is 13.6 Å². The number of halogens is 5. The topological polar surface area (TPSA) is 99.2 Å². The molecule has 0 radical (unpaired) electrons. The number of nitrogens with one attached hydrogen (secondary N) is 1. The van der Waals surface area contributed by atoms with Gasteiger partial charge in [0.1, 0.15) is 22.9 Å². The SMILES string of the molecule is COc1cc(F)c(C(=O)N2CC3CN(CCC(NC(=O)C4CCCC4)c4ccccc4)C[C@H]3C2)c(F)c1.O=C(O)C(F)(F)F. The minimum absolute atomic E-state index is 0.0335. The van der Waals surface area contributed by atoms with Gasteiger partial charge < -0.3 is 25.0 Å². The van der Waals surface area contributed by atoms with E-state index in [1.165, 1.54) is 7.11 Å². The predicted molar refractivity (Wildman–Crippen MR) is 150 cm³/mol. The van der Waals surface area contributed by atoms with Gasteiger partial charge >= 0.3 is 12.1 Å². The lowest BCUT2D eigenvalue weighted by Crippen LogP contribution is -2.37. The summed E-state index contributed by atoms with van der Waals surface area (Å²) in [5, 5.41) is 10.4. The number of fused-ring (bicyclic) bond motifs is 1. The van der Waals surface area contributed by atoms with E-state index in [-0.39, 0.29) is 35.5 Å². The van der Waals surface area contributed by atoms with E-state index >= 15 is 0 Å². The second kappa shape index (κ2) is 14.4. The van der Waals surface area contributed by atoms with Crippen LogP contribution in [0, 0.1) is 29.4 Å². The third-order valence-corrected chi connectivity index (χ3v) is 8.54. The monoisotopic (exact) mass is 625 g/mol. The average Bonchev–Trinajstić information content (AvgIpc) is 3.72. The van der Waals surface area contributed by atoms with Crippen molar-refractivity contribution in [2.24, 2.45) is 17.8 Å². The normalized spacial score (nSPS) is 20.9. The van der Waals surface area contributed by atoms with Crippen molar-refractivity contribution in [3.63, 3.8) is 0 Å². The van der Waals surface area contributed by atoms with Gasteiger partial charge in [-0.2, -0.15) is 13.2 Å². The van der Waals surface area contributed by atoms with Gasteiger partial charge in [-0.15, -0.1) is 0 Å².